The van der Waals surface area contributed by atoms with Crippen LogP contribution < -0.4 is 9.64 Å². The fourth-order valence-electron chi connectivity index (χ4n) is 4.34. The molecule has 0 N–H and O–H groups in total. The van der Waals surface area contributed by atoms with Crippen LogP contribution in [0.4, 0.5) is 11.4 Å². The van der Waals surface area contributed by atoms with Gasteiger partial charge in [-0.3, -0.25) is 4.90 Å². The van der Waals surface area contributed by atoms with Crippen molar-refractivity contribution in [2.45, 2.75) is 13.1 Å². The maximum atomic E-state index is 5.38. The summed E-state index contributed by atoms with van der Waals surface area (Å²) in [5.41, 5.74) is 5.28. The lowest BCUT2D eigenvalue weighted by Gasteiger charge is -2.25. The summed E-state index contributed by atoms with van der Waals surface area (Å²) in [6.07, 6.45) is 0. The average Bonchev–Trinajstić information content (AvgIpc) is 2.98. The second-order valence-electron chi connectivity index (χ2n) is 7.87. The lowest BCUT2D eigenvalue weighted by Crippen LogP contribution is -2.28. The molecular weight excluding hydrogens is 368 g/mol. The van der Waals surface area contributed by atoms with Crippen molar-refractivity contribution >= 4 is 22.1 Å². The van der Waals surface area contributed by atoms with E-state index in [0.29, 0.717) is 0 Å². The normalized spacial score (nSPS) is 14.4. The summed E-state index contributed by atoms with van der Waals surface area (Å²) in [5, 5.41) is 2.43. The molecular formula is C27H26N2O. The highest BCUT2D eigenvalue weighted by molar-refractivity contribution is 5.88. The molecule has 0 spiro atoms. The predicted molar refractivity (Wildman–Crippen MR) is 125 cm³/mol. The van der Waals surface area contributed by atoms with Crippen molar-refractivity contribution in [3.05, 3.63) is 102 Å². The number of hydrogen-bond acceptors (Lipinski definition) is 3. The summed E-state index contributed by atoms with van der Waals surface area (Å²) >= 11 is 0. The van der Waals surface area contributed by atoms with Crippen LogP contribution in [0.2, 0.25) is 0 Å². The number of anilines is 2. The molecule has 5 rings (SSSR count). The number of nitrogens with zero attached hydrogens (tertiary/aromatic N) is 2. The van der Waals surface area contributed by atoms with E-state index in [0.717, 1.165) is 31.9 Å². The van der Waals surface area contributed by atoms with Crippen LogP contribution in [0, 0.1) is 0 Å². The first-order valence-electron chi connectivity index (χ1n) is 10.5. The van der Waals surface area contributed by atoms with Crippen LogP contribution in [0.25, 0.3) is 10.8 Å². The quantitative estimate of drug-likeness (QED) is 0.422. The van der Waals surface area contributed by atoms with Gasteiger partial charge in [0.25, 0.3) is 0 Å². The van der Waals surface area contributed by atoms with E-state index >= 15 is 0 Å². The van der Waals surface area contributed by atoms with E-state index in [2.05, 4.69) is 94.7 Å². The van der Waals surface area contributed by atoms with Gasteiger partial charge in [0.15, 0.2) is 0 Å². The van der Waals surface area contributed by atoms with Gasteiger partial charge in [-0.2, -0.15) is 0 Å². The number of fused-ring (bicyclic) bond motifs is 2. The second kappa shape index (κ2) is 8.21. The highest BCUT2D eigenvalue weighted by Crippen LogP contribution is 2.34. The molecule has 0 unspecified atom stereocenters. The summed E-state index contributed by atoms with van der Waals surface area (Å²) in [7, 11) is 1.71. The second-order valence-corrected chi connectivity index (χ2v) is 7.87. The number of para-hydroxylation sites is 1. The van der Waals surface area contributed by atoms with Crippen LogP contribution in [0.15, 0.2) is 91.0 Å². The average molecular weight is 395 g/mol. The summed E-state index contributed by atoms with van der Waals surface area (Å²) in [4.78, 5) is 5.00. The van der Waals surface area contributed by atoms with Crippen molar-refractivity contribution in [2.24, 2.45) is 0 Å². The molecule has 0 aromatic heterocycles. The Morgan fingerprint density at radius 2 is 1.53 bits per heavy atom. The Labute approximate surface area is 178 Å². The first-order chi connectivity index (χ1) is 14.8. The highest BCUT2D eigenvalue weighted by Gasteiger charge is 2.21. The van der Waals surface area contributed by atoms with E-state index in [1.54, 1.807) is 7.11 Å². The Bertz CT molecular complexity index is 1160. The monoisotopic (exact) mass is 394 g/mol. The van der Waals surface area contributed by atoms with Gasteiger partial charge in [0.05, 0.1) is 7.11 Å². The first-order valence-corrected chi connectivity index (χ1v) is 10.5. The zero-order valence-corrected chi connectivity index (χ0v) is 17.3. The molecule has 3 heteroatoms. The van der Waals surface area contributed by atoms with Crippen molar-refractivity contribution in [2.75, 3.05) is 25.1 Å². The van der Waals surface area contributed by atoms with Gasteiger partial charge in [-0.1, -0.05) is 60.7 Å². The molecule has 0 saturated heterocycles. The summed E-state index contributed by atoms with van der Waals surface area (Å²) in [5.74, 6) is 0.895. The minimum Gasteiger partial charge on any atom is -0.497 e. The number of hydrogen-bond donors (Lipinski definition) is 0. The maximum Gasteiger partial charge on any atom is 0.119 e. The van der Waals surface area contributed by atoms with Crippen LogP contribution in [-0.2, 0) is 13.1 Å². The van der Waals surface area contributed by atoms with Crippen LogP contribution in [0.3, 0.4) is 0 Å². The van der Waals surface area contributed by atoms with Crippen molar-refractivity contribution in [3.63, 3.8) is 0 Å². The van der Waals surface area contributed by atoms with Crippen LogP contribution >= 0.6 is 0 Å². The topological polar surface area (TPSA) is 15.7 Å². The van der Waals surface area contributed by atoms with Gasteiger partial charge in [0.1, 0.15) is 5.75 Å². The van der Waals surface area contributed by atoms with Crippen molar-refractivity contribution in [1.29, 1.82) is 0 Å². The lowest BCUT2D eigenvalue weighted by molar-refractivity contribution is 0.270. The van der Waals surface area contributed by atoms with Gasteiger partial charge < -0.3 is 9.64 Å². The minimum atomic E-state index is 0.895. The van der Waals surface area contributed by atoms with Gasteiger partial charge in [-0.25, -0.2) is 0 Å². The lowest BCUT2D eigenvalue weighted by atomic mass is 10.1. The van der Waals surface area contributed by atoms with E-state index in [9.17, 15) is 0 Å². The van der Waals surface area contributed by atoms with E-state index in [1.807, 2.05) is 6.07 Å². The third kappa shape index (κ3) is 3.77. The molecule has 4 aromatic carbocycles. The zero-order chi connectivity index (χ0) is 20.3. The minimum absolute atomic E-state index is 0.895. The molecule has 1 aliphatic rings. The fraction of sp³-hybridized carbons (Fsp3) is 0.185. The SMILES string of the molecule is COc1ccc2cc(N3CCN(Cc4ccccc4)Cc4ccccc43)ccc2c1. The molecule has 0 fully saturated rings. The predicted octanol–water partition coefficient (Wildman–Crippen LogP) is 6.00. The number of ether oxygens (including phenoxy) is 1. The molecule has 30 heavy (non-hydrogen) atoms. The smallest absolute Gasteiger partial charge is 0.119 e. The van der Waals surface area contributed by atoms with E-state index in [-0.39, 0.29) is 0 Å². The molecule has 0 radical (unpaired) electrons. The van der Waals surface area contributed by atoms with Crippen molar-refractivity contribution in [1.82, 2.24) is 4.90 Å². The summed E-state index contributed by atoms with van der Waals surface area (Å²) < 4.78 is 5.38. The molecule has 1 aliphatic heterocycles. The van der Waals surface area contributed by atoms with Crippen molar-refractivity contribution in [3.8, 4) is 5.75 Å². The third-order valence-electron chi connectivity index (χ3n) is 5.91. The van der Waals surface area contributed by atoms with Gasteiger partial charge in [0, 0.05) is 37.6 Å². The maximum absolute atomic E-state index is 5.38. The number of benzene rings is 4. The summed E-state index contributed by atoms with van der Waals surface area (Å²) in [6.45, 7) is 3.92. The summed E-state index contributed by atoms with van der Waals surface area (Å²) in [6, 6.07) is 32.5. The molecule has 150 valence electrons. The van der Waals surface area contributed by atoms with Gasteiger partial charge in [-0.05, 0) is 52.2 Å². The van der Waals surface area contributed by atoms with Crippen LogP contribution in [0.1, 0.15) is 11.1 Å². The molecule has 3 nitrogen and oxygen atoms in total. The van der Waals surface area contributed by atoms with Gasteiger partial charge in [-0.15, -0.1) is 0 Å². The zero-order valence-electron chi connectivity index (χ0n) is 17.3. The highest BCUT2D eigenvalue weighted by atomic mass is 16.5. The molecule has 0 atom stereocenters. The van der Waals surface area contributed by atoms with Crippen LogP contribution in [0.5, 0.6) is 5.75 Å². The van der Waals surface area contributed by atoms with E-state index in [1.165, 1.54) is 33.3 Å². The molecule has 0 aliphatic carbocycles. The molecule has 1 heterocycles. The molecule has 0 bridgehead atoms. The number of rotatable bonds is 4. The van der Waals surface area contributed by atoms with Crippen LogP contribution in [-0.4, -0.2) is 25.1 Å². The van der Waals surface area contributed by atoms with Crippen molar-refractivity contribution < 1.29 is 4.74 Å². The third-order valence-corrected chi connectivity index (χ3v) is 5.91. The molecule has 0 amide bonds. The van der Waals surface area contributed by atoms with E-state index in [4.69, 9.17) is 4.74 Å². The Morgan fingerprint density at radius 3 is 2.40 bits per heavy atom. The van der Waals surface area contributed by atoms with Gasteiger partial charge >= 0.3 is 0 Å². The molecule has 4 aromatic rings. The van der Waals surface area contributed by atoms with Gasteiger partial charge in [0.2, 0.25) is 0 Å². The molecule has 0 saturated carbocycles. The number of methoxy groups -OCH3 is 1. The Kier molecular flexibility index (Phi) is 5.12. The fourth-order valence-corrected chi connectivity index (χ4v) is 4.34. The Hall–Kier alpha value is -3.30. The Morgan fingerprint density at radius 1 is 0.767 bits per heavy atom. The standard InChI is InChI=1S/C27H26N2O/c1-30-26-14-12-22-17-25(13-11-23(22)18-26)29-16-15-28(19-21-7-3-2-4-8-21)20-24-9-5-6-10-27(24)29/h2-14,17-18H,15-16,19-20H2,1H3. The largest absolute Gasteiger partial charge is 0.497 e. The first kappa shape index (κ1) is 18.7. The van der Waals surface area contributed by atoms with E-state index < -0.39 is 0 Å². The Balaban J connectivity index is 1.47.